The number of aromatic nitrogens is 1. The molecule has 1 amide bonds. The first-order valence-corrected chi connectivity index (χ1v) is 10.3. The highest BCUT2D eigenvalue weighted by Crippen LogP contribution is 2.45. The van der Waals surface area contributed by atoms with Gasteiger partial charge in [0.2, 0.25) is 0 Å². The standard InChI is InChI=1S/C25H22F2N2O4/c1-5-24(12-25(26,27)13-24)28-23(32)22(31)20-14(2)21(29(4)15(20)3)18(30)11-16-6-7-19-17(10-16)8-9-33-19/h1,6-10H,11-13H2,2-4H3,(H,28,32). The third-order valence-electron chi connectivity index (χ3n) is 6.26. The number of carbonyl (C=O) groups excluding carboxylic acids is 3. The number of furan rings is 1. The lowest BCUT2D eigenvalue weighted by molar-refractivity contribution is -0.133. The number of rotatable bonds is 6. The van der Waals surface area contributed by atoms with Crippen LogP contribution in [-0.4, -0.2) is 33.5 Å². The lowest BCUT2D eigenvalue weighted by Gasteiger charge is -2.43. The molecule has 4 rings (SSSR count). The maximum atomic E-state index is 13.3. The molecule has 0 unspecified atom stereocenters. The van der Waals surface area contributed by atoms with Gasteiger partial charge in [0, 0.05) is 37.4 Å². The molecule has 1 aliphatic rings. The molecule has 1 saturated carbocycles. The third kappa shape index (κ3) is 3.84. The van der Waals surface area contributed by atoms with Gasteiger partial charge in [0.05, 0.1) is 17.5 Å². The summed E-state index contributed by atoms with van der Waals surface area (Å²) in [4.78, 5) is 38.7. The molecule has 0 spiro atoms. The summed E-state index contributed by atoms with van der Waals surface area (Å²) in [5.41, 5.74) is 1.11. The molecule has 33 heavy (non-hydrogen) atoms. The maximum Gasteiger partial charge on any atom is 0.293 e. The molecular weight excluding hydrogens is 430 g/mol. The summed E-state index contributed by atoms with van der Waals surface area (Å²) in [6.07, 6.45) is 5.57. The van der Waals surface area contributed by atoms with E-state index in [1.54, 1.807) is 49.9 Å². The Morgan fingerprint density at radius 2 is 1.91 bits per heavy atom. The molecule has 1 N–H and O–H groups in total. The SMILES string of the molecule is C#CC1(NC(=O)C(=O)c2c(C)c(C(=O)Cc3ccc4occc4c3)n(C)c2C)CC(F)(F)C1. The van der Waals surface area contributed by atoms with Gasteiger partial charge in [-0.25, -0.2) is 8.78 Å². The lowest BCUT2D eigenvalue weighted by Crippen LogP contribution is -2.62. The van der Waals surface area contributed by atoms with Gasteiger partial charge in [-0.3, -0.25) is 14.4 Å². The van der Waals surface area contributed by atoms with Crippen LogP contribution in [0.1, 0.15) is 50.5 Å². The Morgan fingerprint density at radius 1 is 1.21 bits per heavy atom. The highest BCUT2D eigenvalue weighted by molar-refractivity contribution is 6.43. The normalized spacial score (nSPS) is 16.1. The minimum atomic E-state index is -2.97. The molecular formula is C25H22F2N2O4. The number of hydrogen-bond acceptors (Lipinski definition) is 4. The molecule has 1 aliphatic carbocycles. The second-order valence-corrected chi connectivity index (χ2v) is 8.60. The van der Waals surface area contributed by atoms with Gasteiger partial charge >= 0.3 is 0 Å². The summed E-state index contributed by atoms with van der Waals surface area (Å²) < 4.78 is 33.6. The highest BCUT2D eigenvalue weighted by atomic mass is 19.3. The van der Waals surface area contributed by atoms with Crippen LogP contribution in [0.3, 0.4) is 0 Å². The summed E-state index contributed by atoms with van der Waals surface area (Å²) in [5, 5.41) is 3.16. The molecule has 0 aliphatic heterocycles. The van der Waals surface area contributed by atoms with Crippen molar-refractivity contribution in [3.8, 4) is 12.3 Å². The number of nitrogens with zero attached hydrogens (tertiary/aromatic N) is 1. The fourth-order valence-corrected chi connectivity index (χ4v) is 4.55. The molecule has 2 aromatic heterocycles. The predicted molar refractivity (Wildman–Crippen MR) is 117 cm³/mol. The number of alkyl halides is 2. The van der Waals surface area contributed by atoms with Gasteiger partial charge in [0.1, 0.15) is 11.1 Å². The molecule has 1 aromatic carbocycles. The molecule has 0 saturated heterocycles. The second-order valence-electron chi connectivity index (χ2n) is 8.60. The van der Waals surface area contributed by atoms with E-state index in [1.807, 2.05) is 6.07 Å². The van der Waals surface area contributed by atoms with Crippen LogP contribution in [0.25, 0.3) is 11.0 Å². The Balaban J connectivity index is 1.58. The quantitative estimate of drug-likeness (QED) is 0.349. The van der Waals surface area contributed by atoms with Crippen LogP contribution in [0.5, 0.6) is 0 Å². The van der Waals surface area contributed by atoms with Crippen molar-refractivity contribution >= 4 is 28.4 Å². The number of Topliss-reactive ketones (excluding diaryl/α,β-unsaturated/α-hetero) is 2. The Morgan fingerprint density at radius 3 is 2.55 bits per heavy atom. The summed E-state index contributed by atoms with van der Waals surface area (Å²) in [6.45, 7) is 3.21. The first kappa shape index (κ1) is 22.5. The molecule has 0 atom stereocenters. The van der Waals surface area contributed by atoms with E-state index >= 15 is 0 Å². The molecule has 170 valence electrons. The molecule has 2 heterocycles. The molecule has 1 fully saturated rings. The van der Waals surface area contributed by atoms with Crippen molar-refractivity contribution in [3.63, 3.8) is 0 Å². The van der Waals surface area contributed by atoms with Crippen molar-refractivity contribution in [1.29, 1.82) is 0 Å². The van der Waals surface area contributed by atoms with Crippen molar-refractivity contribution in [1.82, 2.24) is 9.88 Å². The number of nitrogens with one attached hydrogen (secondary N) is 1. The Hall–Kier alpha value is -3.73. The number of hydrogen-bond donors (Lipinski definition) is 1. The summed E-state index contributed by atoms with van der Waals surface area (Å²) in [6, 6.07) is 7.24. The van der Waals surface area contributed by atoms with Crippen LogP contribution in [0.15, 0.2) is 34.9 Å². The van der Waals surface area contributed by atoms with Crippen LogP contribution in [0.4, 0.5) is 8.78 Å². The van der Waals surface area contributed by atoms with Crippen LogP contribution < -0.4 is 5.32 Å². The predicted octanol–water partition coefficient (Wildman–Crippen LogP) is 3.91. The van der Waals surface area contributed by atoms with E-state index < -0.39 is 36.0 Å². The van der Waals surface area contributed by atoms with E-state index in [9.17, 15) is 23.2 Å². The fourth-order valence-electron chi connectivity index (χ4n) is 4.55. The van der Waals surface area contributed by atoms with E-state index in [2.05, 4.69) is 11.2 Å². The summed E-state index contributed by atoms with van der Waals surface area (Å²) in [7, 11) is 1.64. The number of fused-ring (bicyclic) bond motifs is 1. The van der Waals surface area contributed by atoms with E-state index in [0.717, 1.165) is 10.9 Å². The van der Waals surface area contributed by atoms with Crippen molar-refractivity contribution in [2.24, 2.45) is 7.05 Å². The Labute approximate surface area is 188 Å². The Bertz CT molecular complexity index is 1350. The average molecular weight is 452 g/mol. The first-order valence-electron chi connectivity index (χ1n) is 10.3. The van der Waals surface area contributed by atoms with Crippen molar-refractivity contribution in [2.45, 2.75) is 44.6 Å². The molecule has 0 bridgehead atoms. The van der Waals surface area contributed by atoms with Gasteiger partial charge < -0.3 is 14.3 Å². The van der Waals surface area contributed by atoms with Crippen LogP contribution in [-0.2, 0) is 18.3 Å². The zero-order valence-electron chi connectivity index (χ0n) is 18.4. The lowest BCUT2D eigenvalue weighted by atomic mass is 9.74. The molecule has 8 heteroatoms. The molecule has 3 aromatic rings. The molecule has 0 radical (unpaired) electrons. The van der Waals surface area contributed by atoms with E-state index in [4.69, 9.17) is 10.8 Å². The third-order valence-corrected chi connectivity index (χ3v) is 6.26. The van der Waals surface area contributed by atoms with Crippen molar-refractivity contribution < 1.29 is 27.6 Å². The minimum Gasteiger partial charge on any atom is -0.464 e. The van der Waals surface area contributed by atoms with Gasteiger partial charge in [0.25, 0.3) is 17.6 Å². The van der Waals surface area contributed by atoms with Gasteiger partial charge in [-0.05, 0) is 43.2 Å². The van der Waals surface area contributed by atoms with Crippen LogP contribution >= 0.6 is 0 Å². The average Bonchev–Trinajstić information content (AvgIpc) is 3.27. The van der Waals surface area contributed by atoms with Crippen molar-refractivity contribution in [3.05, 3.63) is 58.6 Å². The number of benzene rings is 1. The fraction of sp³-hybridized carbons (Fsp3) is 0.320. The zero-order valence-corrected chi connectivity index (χ0v) is 18.4. The van der Waals surface area contributed by atoms with E-state index in [1.165, 1.54) is 0 Å². The second kappa shape index (κ2) is 7.69. The summed E-state index contributed by atoms with van der Waals surface area (Å²) >= 11 is 0. The van der Waals surface area contributed by atoms with Crippen LogP contribution in [0, 0.1) is 26.2 Å². The Kier molecular flexibility index (Phi) is 5.24. The zero-order chi connectivity index (χ0) is 24.1. The number of amides is 1. The number of halogens is 2. The van der Waals surface area contributed by atoms with Gasteiger partial charge in [0.15, 0.2) is 5.78 Å². The van der Waals surface area contributed by atoms with Crippen molar-refractivity contribution in [2.75, 3.05) is 0 Å². The highest BCUT2D eigenvalue weighted by Gasteiger charge is 2.57. The first-order chi connectivity index (χ1) is 15.5. The number of carbonyl (C=O) groups is 3. The topological polar surface area (TPSA) is 81.3 Å². The van der Waals surface area contributed by atoms with Crippen LogP contribution in [0.2, 0.25) is 0 Å². The molecule has 6 nitrogen and oxygen atoms in total. The summed E-state index contributed by atoms with van der Waals surface area (Å²) in [5.74, 6) is -2.99. The van der Waals surface area contributed by atoms with E-state index in [0.29, 0.717) is 22.5 Å². The minimum absolute atomic E-state index is 0.0712. The number of terminal acetylenes is 1. The number of ketones is 2. The maximum absolute atomic E-state index is 13.3. The van der Waals surface area contributed by atoms with E-state index in [-0.39, 0.29) is 17.8 Å². The van der Waals surface area contributed by atoms with Gasteiger partial charge in [-0.1, -0.05) is 12.0 Å². The monoisotopic (exact) mass is 452 g/mol. The smallest absolute Gasteiger partial charge is 0.293 e. The largest absolute Gasteiger partial charge is 0.464 e. The van der Waals surface area contributed by atoms with Gasteiger partial charge in [-0.15, -0.1) is 6.42 Å². The van der Waals surface area contributed by atoms with Gasteiger partial charge in [-0.2, -0.15) is 0 Å².